The van der Waals surface area contributed by atoms with E-state index < -0.39 is 35.4 Å². The number of hydrogen-bond donors (Lipinski definition) is 0. The summed E-state index contributed by atoms with van der Waals surface area (Å²) in [4.78, 5) is 24.1. The van der Waals surface area contributed by atoms with Crippen LogP contribution in [0.5, 0.6) is 11.5 Å². The molecule has 2 aromatic heterocycles. The maximum atomic E-state index is 13.6. The fourth-order valence-electron chi connectivity index (χ4n) is 5.73. The van der Waals surface area contributed by atoms with Gasteiger partial charge in [-0.2, -0.15) is 26.3 Å². The van der Waals surface area contributed by atoms with Crippen LogP contribution in [0.4, 0.5) is 26.3 Å². The van der Waals surface area contributed by atoms with Gasteiger partial charge in [-0.05, 0) is 49.2 Å². The maximum Gasteiger partial charge on any atom is 0.417 e. The summed E-state index contributed by atoms with van der Waals surface area (Å²) in [5, 5.41) is -0.139. The Morgan fingerprint density at radius 1 is 0.556 bits per heavy atom. The van der Waals surface area contributed by atoms with E-state index in [0.29, 0.717) is 0 Å². The molecule has 0 aliphatic heterocycles. The predicted octanol–water partition coefficient (Wildman–Crippen LogP) is 9.91. The Labute approximate surface area is 306 Å². The molecule has 0 aliphatic carbocycles. The second-order valence-corrected chi connectivity index (χ2v) is 12.0. The molecule has 6 aromatic rings. The van der Waals surface area contributed by atoms with Crippen LogP contribution < -0.4 is 9.47 Å². The lowest BCUT2D eigenvalue weighted by Gasteiger charge is -2.13. The molecule has 0 atom stereocenters. The predicted molar refractivity (Wildman–Crippen MR) is 189 cm³/mol. The van der Waals surface area contributed by atoms with Gasteiger partial charge in [0.25, 0.3) is 0 Å². The molecule has 8 nitrogen and oxygen atoms in total. The minimum Gasteiger partial charge on any atom is -0.489 e. The van der Waals surface area contributed by atoms with E-state index in [9.17, 15) is 35.9 Å². The van der Waals surface area contributed by atoms with E-state index in [0.717, 1.165) is 23.3 Å². The van der Waals surface area contributed by atoms with Crippen LogP contribution in [0, 0.1) is 0 Å². The highest BCUT2D eigenvalue weighted by atomic mass is 19.4. The van der Waals surface area contributed by atoms with Crippen molar-refractivity contribution in [3.63, 3.8) is 0 Å². The van der Waals surface area contributed by atoms with Gasteiger partial charge in [0.2, 0.25) is 0 Å². The fraction of sp³-hybridized carbons (Fsp3) is 0.250. The number of halogens is 6. The van der Waals surface area contributed by atoms with E-state index in [1.807, 2.05) is 60.7 Å². The molecule has 4 aromatic carbocycles. The van der Waals surface area contributed by atoms with Gasteiger partial charge in [0, 0.05) is 37.0 Å². The minimum atomic E-state index is -4.59. The van der Waals surface area contributed by atoms with Crippen LogP contribution >= 0.6 is 0 Å². The second-order valence-electron chi connectivity index (χ2n) is 12.0. The number of nitrogens with zero attached hydrogens (tertiary/aromatic N) is 2. The number of esters is 2. The van der Waals surface area contributed by atoms with Crippen molar-refractivity contribution in [3.05, 3.63) is 131 Å². The third-order valence-electron chi connectivity index (χ3n) is 8.35. The number of hydrogen-bond acceptors (Lipinski definition) is 6. The van der Waals surface area contributed by atoms with Crippen molar-refractivity contribution in [1.29, 1.82) is 0 Å². The average Bonchev–Trinajstić information content (AvgIpc) is 3.65. The number of carbonyl (C=O) groups is 2. The van der Waals surface area contributed by atoms with Crippen LogP contribution in [0.1, 0.15) is 57.1 Å². The summed E-state index contributed by atoms with van der Waals surface area (Å²) in [6.45, 7) is 3.82. The maximum absolute atomic E-state index is 13.6. The van der Waals surface area contributed by atoms with Crippen LogP contribution in [0.3, 0.4) is 0 Å². The molecular weight excluding hydrogens is 718 g/mol. The summed E-state index contributed by atoms with van der Waals surface area (Å²) in [6.07, 6.45) is -9.17. The highest BCUT2D eigenvalue weighted by Gasteiger charge is 2.36. The number of alkyl halides is 6. The molecule has 14 heteroatoms. The van der Waals surface area contributed by atoms with Gasteiger partial charge in [0.05, 0.1) is 35.4 Å². The van der Waals surface area contributed by atoms with Crippen LogP contribution in [-0.4, -0.2) is 34.3 Å². The SMILES string of the molecule is CCOC(=O)c1cc2c(C(F)(F)F)cc(OCc3ccccc3)cc2n1C.CCOC(=O)c1cc2c(C(F)(F)F)cc(OCc3ccccc3)cc2n1C. The number of aryl methyl sites for hydroxylation is 2. The van der Waals surface area contributed by atoms with Gasteiger partial charge in [0.1, 0.15) is 36.1 Å². The zero-order valence-electron chi connectivity index (χ0n) is 29.7. The Hall–Kier alpha value is -5.92. The summed E-state index contributed by atoms with van der Waals surface area (Å²) in [6, 6.07) is 25.6. The molecule has 0 saturated carbocycles. The van der Waals surface area contributed by atoms with Gasteiger partial charge < -0.3 is 28.1 Å². The largest absolute Gasteiger partial charge is 0.489 e. The zero-order chi connectivity index (χ0) is 39.2. The van der Waals surface area contributed by atoms with Crippen LogP contribution in [-0.2, 0) is 49.1 Å². The molecule has 0 spiro atoms. The fourth-order valence-corrected chi connectivity index (χ4v) is 5.73. The molecule has 2 heterocycles. The molecule has 0 bridgehead atoms. The standard InChI is InChI=1S/2C20H18F3NO3/c2*1-3-26-19(25)18-11-15-16(20(21,22)23)9-14(10-17(15)24(18)2)27-12-13-7-5-4-6-8-13/h2*4-11H,3,12H2,1-2H3. The van der Waals surface area contributed by atoms with Crippen LogP contribution in [0.25, 0.3) is 21.8 Å². The number of carbonyl (C=O) groups excluding carboxylic acids is 2. The topological polar surface area (TPSA) is 80.9 Å². The molecule has 0 aliphatic rings. The Balaban J connectivity index is 0.000000208. The van der Waals surface area contributed by atoms with E-state index in [4.69, 9.17) is 18.9 Å². The Morgan fingerprint density at radius 3 is 1.22 bits per heavy atom. The summed E-state index contributed by atoms with van der Waals surface area (Å²) < 4.78 is 105. The lowest BCUT2D eigenvalue weighted by atomic mass is 10.1. The van der Waals surface area contributed by atoms with E-state index >= 15 is 0 Å². The minimum absolute atomic E-state index is 0.0533. The average molecular weight is 755 g/mol. The van der Waals surface area contributed by atoms with Crippen molar-refractivity contribution >= 4 is 33.7 Å². The number of aromatic nitrogens is 2. The first-order valence-corrected chi connectivity index (χ1v) is 16.7. The van der Waals surface area contributed by atoms with Crippen LogP contribution in [0.15, 0.2) is 97.1 Å². The Morgan fingerprint density at radius 2 is 0.907 bits per heavy atom. The Kier molecular flexibility index (Phi) is 11.9. The third kappa shape index (κ3) is 8.99. The first-order valence-electron chi connectivity index (χ1n) is 16.7. The van der Waals surface area contributed by atoms with Crippen molar-refractivity contribution in [2.75, 3.05) is 13.2 Å². The van der Waals surface area contributed by atoms with E-state index in [-0.39, 0.29) is 71.1 Å². The van der Waals surface area contributed by atoms with Crippen molar-refractivity contribution in [3.8, 4) is 11.5 Å². The van der Waals surface area contributed by atoms with E-state index in [2.05, 4.69) is 0 Å². The third-order valence-corrected chi connectivity index (χ3v) is 8.35. The normalized spacial score (nSPS) is 11.6. The summed E-state index contributed by atoms with van der Waals surface area (Å²) in [5.41, 5.74) is 0.570. The molecule has 6 rings (SSSR count). The summed E-state index contributed by atoms with van der Waals surface area (Å²) in [5.74, 6) is -1.18. The van der Waals surface area contributed by atoms with Gasteiger partial charge in [-0.25, -0.2) is 9.59 Å². The molecular formula is C40H36F6N2O6. The zero-order valence-corrected chi connectivity index (χ0v) is 29.7. The molecule has 0 unspecified atom stereocenters. The lowest BCUT2D eigenvalue weighted by Crippen LogP contribution is -2.09. The first-order chi connectivity index (χ1) is 25.6. The first kappa shape index (κ1) is 39.3. The van der Waals surface area contributed by atoms with Crippen LogP contribution in [0.2, 0.25) is 0 Å². The molecule has 54 heavy (non-hydrogen) atoms. The second kappa shape index (κ2) is 16.4. The van der Waals surface area contributed by atoms with Crippen molar-refractivity contribution in [2.24, 2.45) is 14.1 Å². The van der Waals surface area contributed by atoms with E-state index in [1.165, 1.54) is 47.5 Å². The summed E-state index contributed by atoms with van der Waals surface area (Å²) in [7, 11) is 3.05. The monoisotopic (exact) mass is 754 g/mol. The van der Waals surface area contributed by atoms with E-state index in [1.54, 1.807) is 13.8 Å². The lowest BCUT2D eigenvalue weighted by molar-refractivity contribution is -0.137. The van der Waals surface area contributed by atoms with Gasteiger partial charge in [-0.3, -0.25) is 0 Å². The summed E-state index contributed by atoms with van der Waals surface area (Å²) >= 11 is 0. The van der Waals surface area contributed by atoms with Gasteiger partial charge >= 0.3 is 24.3 Å². The number of ether oxygens (including phenoxy) is 4. The number of benzene rings is 4. The number of rotatable bonds is 10. The quantitative estimate of drug-likeness (QED) is 0.102. The van der Waals surface area contributed by atoms with Gasteiger partial charge in [0.15, 0.2) is 0 Å². The van der Waals surface area contributed by atoms with Crippen molar-refractivity contribution in [2.45, 2.75) is 39.4 Å². The highest BCUT2D eigenvalue weighted by Crippen LogP contribution is 2.40. The van der Waals surface area contributed by atoms with Crippen molar-refractivity contribution in [1.82, 2.24) is 9.13 Å². The highest BCUT2D eigenvalue weighted by molar-refractivity contribution is 5.98. The molecule has 0 radical (unpaired) electrons. The molecule has 0 amide bonds. The number of fused-ring (bicyclic) bond motifs is 2. The van der Waals surface area contributed by atoms with Gasteiger partial charge in [-0.1, -0.05) is 60.7 Å². The van der Waals surface area contributed by atoms with Gasteiger partial charge in [-0.15, -0.1) is 0 Å². The molecule has 0 N–H and O–H groups in total. The smallest absolute Gasteiger partial charge is 0.417 e. The molecule has 0 saturated heterocycles. The molecule has 284 valence electrons. The Bertz CT molecular complexity index is 2080. The molecule has 0 fully saturated rings. The van der Waals surface area contributed by atoms with Crippen molar-refractivity contribution < 1.29 is 54.9 Å².